The van der Waals surface area contributed by atoms with Crippen LogP contribution in [0.3, 0.4) is 0 Å². The van der Waals surface area contributed by atoms with E-state index in [9.17, 15) is 4.79 Å². The van der Waals surface area contributed by atoms with Gasteiger partial charge in [-0.25, -0.2) is 4.79 Å². The molecule has 2 atom stereocenters. The molecule has 4 nitrogen and oxygen atoms in total. The van der Waals surface area contributed by atoms with Crippen molar-refractivity contribution in [3.63, 3.8) is 0 Å². The zero-order valence-corrected chi connectivity index (χ0v) is 7.84. The molecule has 0 spiro atoms. The second-order valence-electron chi connectivity index (χ2n) is 3.70. The van der Waals surface area contributed by atoms with E-state index in [0.717, 1.165) is 19.4 Å². The minimum Gasteiger partial charge on any atom is -0.467 e. The van der Waals surface area contributed by atoms with E-state index in [-0.39, 0.29) is 5.97 Å². The van der Waals surface area contributed by atoms with Crippen molar-refractivity contribution in [3.8, 4) is 0 Å². The van der Waals surface area contributed by atoms with E-state index >= 15 is 0 Å². The summed E-state index contributed by atoms with van der Waals surface area (Å²) >= 11 is 0. The third-order valence-electron chi connectivity index (χ3n) is 3.03. The van der Waals surface area contributed by atoms with Gasteiger partial charge in [-0.3, -0.25) is 0 Å². The van der Waals surface area contributed by atoms with E-state index in [1.54, 1.807) is 0 Å². The summed E-state index contributed by atoms with van der Waals surface area (Å²) in [6.07, 6.45) is 2.10. The summed E-state index contributed by atoms with van der Waals surface area (Å²) in [5.41, 5.74) is -0.674. The van der Waals surface area contributed by atoms with E-state index in [1.807, 2.05) is 0 Å². The van der Waals surface area contributed by atoms with Crippen LogP contribution in [0.25, 0.3) is 0 Å². The van der Waals surface area contributed by atoms with Crippen molar-refractivity contribution in [1.29, 1.82) is 0 Å². The summed E-state index contributed by atoms with van der Waals surface area (Å²) in [5, 5.41) is 3.19. The van der Waals surface area contributed by atoms with Gasteiger partial charge in [-0.05, 0) is 12.8 Å². The lowest BCUT2D eigenvalue weighted by atomic mass is 9.85. The summed E-state index contributed by atoms with van der Waals surface area (Å²) in [6, 6.07) is 0. The molecule has 0 aliphatic carbocycles. The Bertz CT molecular complexity index is 219. The Morgan fingerprint density at radius 2 is 2.54 bits per heavy atom. The number of carbonyl (C=O) groups excluding carboxylic acids is 1. The fourth-order valence-electron chi connectivity index (χ4n) is 2.30. The first-order chi connectivity index (χ1) is 6.29. The van der Waals surface area contributed by atoms with Gasteiger partial charge in [-0.2, -0.15) is 0 Å². The minimum atomic E-state index is -0.674. The average molecular weight is 185 g/mol. The Kier molecular flexibility index (Phi) is 2.26. The summed E-state index contributed by atoms with van der Waals surface area (Å²) in [7, 11) is 1.42. The second kappa shape index (κ2) is 3.27. The third kappa shape index (κ3) is 1.25. The van der Waals surface area contributed by atoms with E-state index in [2.05, 4.69) is 5.32 Å². The van der Waals surface area contributed by atoms with Crippen LogP contribution in [-0.4, -0.2) is 38.4 Å². The summed E-state index contributed by atoms with van der Waals surface area (Å²) < 4.78 is 10.4. The summed E-state index contributed by atoms with van der Waals surface area (Å²) in [6.45, 7) is 2.15. The van der Waals surface area contributed by atoms with Crippen LogP contribution in [0.4, 0.5) is 0 Å². The molecule has 0 aromatic rings. The summed E-state index contributed by atoms with van der Waals surface area (Å²) in [5.74, 6) is 0.0795. The SMILES string of the molecule is COC(=O)[C@]12CNC[C@H]1CCCO2. The molecule has 2 saturated heterocycles. The Morgan fingerprint density at radius 3 is 3.31 bits per heavy atom. The van der Waals surface area contributed by atoms with Gasteiger partial charge in [0.05, 0.1) is 7.11 Å². The third-order valence-corrected chi connectivity index (χ3v) is 3.03. The topological polar surface area (TPSA) is 47.6 Å². The van der Waals surface area contributed by atoms with E-state index < -0.39 is 5.60 Å². The molecule has 2 aliphatic rings. The van der Waals surface area contributed by atoms with Gasteiger partial charge in [0, 0.05) is 25.6 Å². The molecule has 4 heteroatoms. The van der Waals surface area contributed by atoms with Crippen molar-refractivity contribution >= 4 is 5.97 Å². The largest absolute Gasteiger partial charge is 0.467 e. The highest BCUT2D eigenvalue weighted by Crippen LogP contribution is 2.34. The molecule has 0 bridgehead atoms. The molecule has 0 unspecified atom stereocenters. The lowest BCUT2D eigenvalue weighted by molar-refractivity contribution is -0.178. The van der Waals surface area contributed by atoms with Crippen LogP contribution in [0.2, 0.25) is 0 Å². The predicted octanol–water partition coefficient (Wildman–Crippen LogP) is -0.0720. The molecule has 74 valence electrons. The van der Waals surface area contributed by atoms with Gasteiger partial charge in [0.2, 0.25) is 0 Å². The zero-order chi connectivity index (χ0) is 9.31. The molecule has 2 fully saturated rings. The van der Waals surface area contributed by atoms with Crippen molar-refractivity contribution in [2.75, 3.05) is 26.8 Å². The molecule has 0 amide bonds. The molecule has 0 saturated carbocycles. The number of hydrogen-bond acceptors (Lipinski definition) is 4. The first-order valence-corrected chi connectivity index (χ1v) is 4.73. The molecule has 0 radical (unpaired) electrons. The van der Waals surface area contributed by atoms with Crippen LogP contribution < -0.4 is 5.32 Å². The van der Waals surface area contributed by atoms with Crippen molar-refractivity contribution in [2.24, 2.45) is 5.92 Å². The maximum Gasteiger partial charge on any atom is 0.339 e. The van der Waals surface area contributed by atoms with Gasteiger partial charge in [-0.1, -0.05) is 0 Å². The molecule has 0 aromatic carbocycles. The van der Waals surface area contributed by atoms with Crippen molar-refractivity contribution in [1.82, 2.24) is 5.32 Å². The number of esters is 1. The van der Waals surface area contributed by atoms with Gasteiger partial charge in [0.1, 0.15) is 0 Å². The highest BCUT2D eigenvalue weighted by molar-refractivity contribution is 5.81. The quantitative estimate of drug-likeness (QED) is 0.581. The highest BCUT2D eigenvalue weighted by atomic mass is 16.6. The zero-order valence-electron chi connectivity index (χ0n) is 7.84. The molecule has 13 heavy (non-hydrogen) atoms. The van der Waals surface area contributed by atoms with Gasteiger partial charge < -0.3 is 14.8 Å². The number of hydrogen-bond donors (Lipinski definition) is 1. The van der Waals surface area contributed by atoms with Crippen LogP contribution in [0.5, 0.6) is 0 Å². The van der Waals surface area contributed by atoms with Crippen LogP contribution in [0, 0.1) is 5.92 Å². The Morgan fingerprint density at radius 1 is 1.69 bits per heavy atom. The van der Waals surface area contributed by atoms with Gasteiger partial charge in [-0.15, -0.1) is 0 Å². The monoisotopic (exact) mass is 185 g/mol. The van der Waals surface area contributed by atoms with E-state index in [0.29, 0.717) is 19.1 Å². The lowest BCUT2D eigenvalue weighted by Gasteiger charge is -2.35. The molecule has 0 aromatic heterocycles. The number of fused-ring (bicyclic) bond motifs is 1. The minimum absolute atomic E-state index is 0.220. The number of nitrogens with one attached hydrogen (secondary N) is 1. The fraction of sp³-hybridized carbons (Fsp3) is 0.889. The Hall–Kier alpha value is -0.610. The van der Waals surface area contributed by atoms with Crippen molar-refractivity contribution in [3.05, 3.63) is 0 Å². The van der Waals surface area contributed by atoms with Gasteiger partial charge in [0.15, 0.2) is 5.60 Å². The number of carbonyl (C=O) groups is 1. The van der Waals surface area contributed by atoms with Crippen LogP contribution in [0.1, 0.15) is 12.8 Å². The van der Waals surface area contributed by atoms with E-state index in [4.69, 9.17) is 9.47 Å². The smallest absolute Gasteiger partial charge is 0.339 e. The van der Waals surface area contributed by atoms with Crippen molar-refractivity contribution in [2.45, 2.75) is 18.4 Å². The normalized spacial score (nSPS) is 38.4. The molecular weight excluding hydrogens is 170 g/mol. The fourth-order valence-corrected chi connectivity index (χ4v) is 2.30. The first kappa shape index (κ1) is 8.97. The lowest BCUT2D eigenvalue weighted by Crippen LogP contribution is -2.51. The number of ether oxygens (including phenoxy) is 2. The number of methoxy groups -OCH3 is 1. The molecule has 2 aliphatic heterocycles. The molecule has 2 rings (SSSR count). The van der Waals surface area contributed by atoms with Crippen LogP contribution in [0.15, 0.2) is 0 Å². The Labute approximate surface area is 77.6 Å². The molecule has 1 N–H and O–H groups in total. The number of rotatable bonds is 1. The predicted molar refractivity (Wildman–Crippen MR) is 46.3 cm³/mol. The molecule has 2 heterocycles. The van der Waals surface area contributed by atoms with E-state index in [1.165, 1.54) is 7.11 Å². The first-order valence-electron chi connectivity index (χ1n) is 4.73. The Balaban J connectivity index is 2.20. The second-order valence-corrected chi connectivity index (χ2v) is 3.70. The standard InChI is InChI=1S/C9H15NO3/c1-12-8(11)9-6-10-5-7(9)3-2-4-13-9/h7,10H,2-6H2,1H3/t7-,9+/m1/s1. The average Bonchev–Trinajstić information content (AvgIpc) is 2.61. The van der Waals surface area contributed by atoms with Crippen LogP contribution in [-0.2, 0) is 14.3 Å². The van der Waals surface area contributed by atoms with Gasteiger partial charge >= 0.3 is 5.97 Å². The maximum atomic E-state index is 11.6. The maximum absolute atomic E-state index is 11.6. The van der Waals surface area contributed by atoms with Crippen LogP contribution >= 0.6 is 0 Å². The van der Waals surface area contributed by atoms with Crippen molar-refractivity contribution < 1.29 is 14.3 Å². The van der Waals surface area contributed by atoms with Gasteiger partial charge in [0.25, 0.3) is 0 Å². The highest BCUT2D eigenvalue weighted by Gasteiger charge is 2.52. The summed E-state index contributed by atoms with van der Waals surface area (Å²) in [4.78, 5) is 11.6. The molecular formula is C9H15NO3.